The molecule has 3 aromatic rings. The van der Waals surface area contributed by atoms with Gasteiger partial charge in [-0.25, -0.2) is 0 Å². The zero-order valence-electron chi connectivity index (χ0n) is 17.8. The van der Waals surface area contributed by atoms with Crippen LogP contribution in [-0.4, -0.2) is 28.1 Å². The average Bonchev–Trinajstić information content (AvgIpc) is 3.07. The summed E-state index contributed by atoms with van der Waals surface area (Å²) in [6.07, 6.45) is 3.37. The number of nitrogens with zero attached hydrogens (tertiary/aromatic N) is 2. The Bertz CT molecular complexity index is 1290. The molecule has 0 unspecified atom stereocenters. The number of imide groups is 1. The van der Waals surface area contributed by atoms with Gasteiger partial charge in [0.25, 0.3) is 11.1 Å². The molecule has 1 fully saturated rings. The highest BCUT2D eigenvalue weighted by atomic mass is 127. The Labute approximate surface area is 224 Å². The lowest BCUT2D eigenvalue weighted by molar-refractivity contribution is -0.123. The third-order valence-electron chi connectivity index (χ3n) is 4.86. The predicted octanol–water partition coefficient (Wildman–Crippen LogP) is 6.82. The molecule has 4 rings (SSSR count). The summed E-state index contributed by atoms with van der Waals surface area (Å²) in [6.45, 7) is 0.359. The van der Waals surface area contributed by atoms with Crippen LogP contribution in [0.25, 0.3) is 6.08 Å². The van der Waals surface area contributed by atoms with Crippen LogP contribution in [0.4, 0.5) is 4.79 Å². The molecule has 1 aliphatic heterocycles. The standard InChI is InChI=1S/C24H17Cl2IN2O4S/c1-32-20-9-14(8-19(27)22(20)33-13-17-4-2-3-7-28-17)10-21-23(30)29(24(31)34-21)12-15-5-6-16(25)11-18(15)26/h2-11H,12-13H2,1H3/b21-10-. The van der Waals surface area contributed by atoms with Crippen molar-refractivity contribution in [1.82, 2.24) is 9.88 Å². The average molecular weight is 627 g/mol. The third-order valence-corrected chi connectivity index (χ3v) is 7.15. The van der Waals surface area contributed by atoms with Crippen LogP contribution in [0.5, 0.6) is 11.5 Å². The minimum absolute atomic E-state index is 0.0686. The number of amides is 2. The van der Waals surface area contributed by atoms with E-state index in [1.165, 1.54) is 0 Å². The molecule has 2 aromatic carbocycles. The zero-order valence-corrected chi connectivity index (χ0v) is 22.2. The molecule has 10 heteroatoms. The number of pyridine rings is 1. The second kappa shape index (κ2) is 11.0. The van der Waals surface area contributed by atoms with E-state index in [1.54, 1.807) is 43.6 Å². The van der Waals surface area contributed by atoms with Gasteiger partial charge >= 0.3 is 0 Å². The Morgan fingerprint density at radius 3 is 2.68 bits per heavy atom. The van der Waals surface area contributed by atoms with Crippen molar-refractivity contribution in [3.63, 3.8) is 0 Å². The van der Waals surface area contributed by atoms with Gasteiger partial charge in [-0.1, -0.05) is 35.3 Å². The molecule has 1 aliphatic rings. The van der Waals surface area contributed by atoms with E-state index in [4.69, 9.17) is 32.7 Å². The lowest BCUT2D eigenvalue weighted by atomic mass is 10.1. The van der Waals surface area contributed by atoms with Crippen molar-refractivity contribution in [1.29, 1.82) is 0 Å². The van der Waals surface area contributed by atoms with E-state index in [0.717, 1.165) is 25.9 Å². The number of ether oxygens (including phenoxy) is 2. The summed E-state index contributed by atoms with van der Waals surface area (Å²) in [5.41, 5.74) is 2.14. The normalized spacial score (nSPS) is 14.7. The fraction of sp³-hybridized carbons (Fsp3) is 0.125. The maximum Gasteiger partial charge on any atom is 0.293 e. The van der Waals surface area contributed by atoms with Crippen molar-refractivity contribution in [3.05, 3.63) is 90.1 Å². The Balaban J connectivity index is 1.54. The number of hydrogen-bond donors (Lipinski definition) is 0. The number of methoxy groups -OCH3 is 1. The highest BCUT2D eigenvalue weighted by Crippen LogP contribution is 2.38. The van der Waals surface area contributed by atoms with E-state index in [1.807, 2.05) is 24.3 Å². The Morgan fingerprint density at radius 1 is 1.15 bits per heavy atom. The summed E-state index contributed by atoms with van der Waals surface area (Å²) < 4.78 is 12.3. The van der Waals surface area contributed by atoms with Gasteiger partial charge in [0.15, 0.2) is 11.5 Å². The van der Waals surface area contributed by atoms with Crippen LogP contribution >= 0.6 is 57.6 Å². The Kier molecular flexibility index (Phi) is 8.02. The molecule has 0 bridgehead atoms. The van der Waals surface area contributed by atoms with Crippen molar-refractivity contribution in [2.45, 2.75) is 13.2 Å². The molecule has 0 atom stereocenters. The third kappa shape index (κ3) is 5.68. The van der Waals surface area contributed by atoms with E-state index in [-0.39, 0.29) is 17.7 Å². The monoisotopic (exact) mass is 626 g/mol. The fourth-order valence-corrected chi connectivity index (χ4v) is 5.29. The van der Waals surface area contributed by atoms with E-state index in [2.05, 4.69) is 27.6 Å². The Hall–Kier alpha value is -2.27. The SMILES string of the molecule is COc1cc(/C=C2\SC(=O)N(Cc3ccc(Cl)cc3Cl)C2=O)cc(I)c1OCc1ccccn1. The van der Waals surface area contributed by atoms with Crippen LogP contribution in [0, 0.1) is 3.57 Å². The lowest BCUT2D eigenvalue weighted by Gasteiger charge is -2.14. The van der Waals surface area contributed by atoms with Crippen molar-refractivity contribution in [2.24, 2.45) is 0 Å². The van der Waals surface area contributed by atoms with Gasteiger partial charge in [0.1, 0.15) is 6.61 Å². The first-order valence-corrected chi connectivity index (χ1v) is 12.6. The summed E-state index contributed by atoms with van der Waals surface area (Å²) in [5, 5.41) is 0.522. The summed E-state index contributed by atoms with van der Waals surface area (Å²) in [5.74, 6) is 0.711. The van der Waals surface area contributed by atoms with Crippen molar-refractivity contribution in [2.75, 3.05) is 7.11 Å². The Morgan fingerprint density at radius 2 is 1.97 bits per heavy atom. The van der Waals surface area contributed by atoms with Gasteiger partial charge in [0.05, 0.1) is 27.8 Å². The van der Waals surface area contributed by atoms with E-state index in [0.29, 0.717) is 44.2 Å². The second-order valence-electron chi connectivity index (χ2n) is 7.15. The largest absolute Gasteiger partial charge is 0.493 e. The molecule has 0 N–H and O–H groups in total. The molecule has 0 spiro atoms. The van der Waals surface area contributed by atoms with E-state index < -0.39 is 0 Å². The van der Waals surface area contributed by atoms with Crippen LogP contribution in [0.1, 0.15) is 16.8 Å². The molecule has 0 radical (unpaired) electrons. The smallest absolute Gasteiger partial charge is 0.293 e. The molecule has 0 aliphatic carbocycles. The topological polar surface area (TPSA) is 68.7 Å². The number of carbonyl (C=O) groups excluding carboxylic acids is 2. The molecule has 2 amide bonds. The van der Waals surface area contributed by atoms with Gasteiger partial charge in [0.2, 0.25) is 0 Å². The highest BCUT2D eigenvalue weighted by Gasteiger charge is 2.35. The summed E-state index contributed by atoms with van der Waals surface area (Å²) >= 11 is 15.2. The molecule has 1 aromatic heterocycles. The first-order chi connectivity index (χ1) is 16.4. The highest BCUT2D eigenvalue weighted by molar-refractivity contribution is 14.1. The van der Waals surface area contributed by atoms with Gasteiger partial charge in [-0.3, -0.25) is 19.5 Å². The van der Waals surface area contributed by atoms with Crippen molar-refractivity contribution >= 4 is 74.8 Å². The van der Waals surface area contributed by atoms with Crippen LogP contribution in [0.2, 0.25) is 10.0 Å². The van der Waals surface area contributed by atoms with Gasteiger partial charge in [0, 0.05) is 16.2 Å². The number of rotatable bonds is 7. The molecule has 34 heavy (non-hydrogen) atoms. The quantitative estimate of drug-likeness (QED) is 0.212. The fourth-order valence-electron chi connectivity index (χ4n) is 3.20. The number of aromatic nitrogens is 1. The van der Waals surface area contributed by atoms with Gasteiger partial charge in [-0.15, -0.1) is 0 Å². The molecular weight excluding hydrogens is 610 g/mol. The van der Waals surface area contributed by atoms with Crippen molar-refractivity contribution < 1.29 is 19.1 Å². The van der Waals surface area contributed by atoms with Crippen LogP contribution in [0.3, 0.4) is 0 Å². The number of hydrogen-bond acceptors (Lipinski definition) is 6. The molecule has 174 valence electrons. The minimum Gasteiger partial charge on any atom is -0.493 e. The molecule has 2 heterocycles. The molecule has 1 saturated heterocycles. The number of carbonyl (C=O) groups is 2. The molecule has 0 saturated carbocycles. The number of halogens is 3. The maximum absolute atomic E-state index is 13.0. The first-order valence-electron chi connectivity index (χ1n) is 9.95. The van der Waals surface area contributed by atoms with E-state index in [9.17, 15) is 9.59 Å². The zero-order chi connectivity index (χ0) is 24.2. The van der Waals surface area contributed by atoms with Gasteiger partial charge < -0.3 is 9.47 Å². The number of thioether (sulfide) groups is 1. The van der Waals surface area contributed by atoms with Crippen LogP contribution in [0.15, 0.2) is 59.6 Å². The van der Waals surface area contributed by atoms with Crippen molar-refractivity contribution in [3.8, 4) is 11.5 Å². The van der Waals surface area contributed by atoms with E-state index >= 15 is 0 Å². The maximum atomic E-state index is 13.0. The lowest BCUT2D eigenvalue weighted by Crippen LogP contribution is -2.27. The summed E-state index contributed by atoms with van der Waals surface area (Å²) in [7, 11) is 1.55. The van der Waals surface area contributed by atoms with Gasteiger partial charge in [-0.2, -0.15) is 0 Å². The summed E-state index contributed by atoms with van der Waals surface area (Å²) in [4.78, 5) is 31.2. The summed E-state index contributed by atoms with van der Waals surface area (Å²) in [6, 6.07) is 14.2. The van der Waals surface area contributed by atoms with Gasteiger partial charge in [-0.05, 0) is 88.0 Å². The predicted molar refractivity (Wildman–Crippen MR) is 142 cm³/mol. The second-order valence-corrected chi connectivity index (χ2v) is 10.1. The minimum atomic E-state index is -0.384. The first kappa shape index (κ1) is 24.8. The van der Waals surface area contributed by atoms with Crippen LogP contribution < -0.4 is 9.47 Å². The molecular formula is C24H17Cl2IN2O4S. The van der Waals surface area contributed by atoms with Crippen LogP contribution in [-0.2, 0) is 17.9 Å². The molecule has 6 nitrogen and oxygen atoms in total. The number of benzene rings is 2.